The van der Waals surface area contributed by atoms with E-state index in [1.165, 1.54) is 0 Å². The molecule has 2 N–H and O–H groups in total. The lowest BCUT2D eigenvalue weighted by Gasteiger charge is -2.14. The molecule has 0 bridgehead atoms. The van der Waals surface area contributed by atoms with Crippen molar-refractivity contribution in [1.29, 1.82) is 0 Å². The van der Waals surface area contributed by atoms with Crippen LogP contribution in [0.3, 0.4) is 0 Å². The molecule has 2 aromatic heterocycles. The van der Waals surface area contributed by atoms with Crippen LogP contribution in [0.2, 0.25) is 5.28 Å². The number of anilines is 1. The summed E-state index contributed by atoms with van der Waals surface area (Å²) in [5.41, 5.74) is 1.93. The van der Waals surface area contributed by atoms with Crippen LogP contribution in [-0.4, -0.2) is 27.7 Å². The highest BCUT2D eigenvalue weighted by Gasteiger charge is 2.11. The number of thiophene rings is 1. The summed E-state index contributed by atoms with van der Waals surface area (Å²) in [6.45, 7) is 1.90. The number of aliphatic hydroxyl groups is 1. The largest absolute Gasteiger partial charge is 0.394 e. The lowest BCUT2D eigenvalue weighted by atomic mass is 10.1. The molecule has 1 atom stereocenters. The molecule has 0 radical (unpaired) electrons. The van der Waals surface area contributed by atoms with Gasteiger partial charge in [0.15, 0.2) is 0 Å². The first-order chi connectivity index (χ1) is 8.20. The SMILES string of the molecule is CC(CO)Nc1nc(Cl)ncc1-c1ccsc1. The fourth-order valence-corrected chi connectivity index (χ4v) is 2.17. The van der Waals surface area contributed by atoms with Crippen molar-refractivity contribution in [3.63, 3.8) is 0 Å². The molecule has 0 amide bonds. The molecule has 2 rings (SSSR count). The molecular weight excluding hydrogens is 258 g/mol. The number of aromatic nitrogens is 2. The molecule has 0 aliphatic rings. The van der Waals surface area contributed by atoms with E-state index in [2.05, 4.69) is 15.3 Å². The van der Waals surface area contributed by atoms with Crippen molar-refractivity contribution in [2.24, 2.45) is 0 Å². The topological polar surface area (TPSA) is 58.0 Å². The number of nitrogens with zero attached hydrogens (tertiary/aromatic N) is 2. The van der Waals surface area contributed by atoms with Crippen molar-refractivity contribution in [2.45, 2.75) is 13.0 Å². The second kappa shape index (κ2) is 5.44. The Morgan fingerprint density at radius 1 is 1.59 bits per heavy atom. The third-order valence-corrected chi connectivity index (χ3v) is 3.11. The van der Waals surface area contributed by atoms with Gasteiger partial charge in [-0.25, -0.2) is 9.97 Å². The fourth-order valence-electron chi connectivity index (χ4n) is 1.38. The molecule has 1 unspecified atom stereocenters. The van der Waals surface area contributed by atoms with Gasteiger partial charge in [0.25, 0.3) is 0 Å². The minimum Gasteiger partial charge on any atom is -0.394 e. The lowest BCUT2D eigenvalue weighted by molar-refractivity contribution is 0.281. The molecule has 2 aromatic rings. The Kier molecular flexibility index (Phi) is 3.93. The van der Waals surface area contributed by atoms with E-state index in [0.717, 1.165) is 11.1 Å². The van der Waals surface area contributed by atoms with Gasteiger partial charge in [0.05, 0.1) is 6.61 Å². The quantitative estimate of drug-likeness (QED) is 0.838. The Morgan fingerprint density at radius 2 is 2.41 bits per heavy atom. The highest BCUT2D eigenvalue weighted by Crippen LogP contribution is 2.28. The Bertz CT molecular complexity index is 489. The van der Waals surface area contributed by atoms with E-state index in [4.69, 9.17) is 16.7 Å². The summed E-state index contributed by atoms with van der Waals surface area (Å²) in [7, 11) is 0. The number of rotatable bonds is 4. The van der Waals surface area contributed by atoms with E-state index < -0.39 is 0 Å². The molecular formula is C11H12ClN3OS. The van der Waals surface area contributed by atoms with Crippen LogP contribution in [-0.2, 0) is 0 Å². The predicted molar refractivity (Wildman–Crippen MR) is 70.5 cm³/mol. The van der Waals surface area contributed by atoms with Gasteiger partial charge in [-0.1, -0.05) is 0 Å². The highest BCUT2D eigenvalue weighted by molar-refractivity contribution is 7.08. The van der Waals surface area contributed by atoms with E-state index in [9.17, 15) is 0 Å². The van der Waals surface area contributed by atoms with Gasteiger partial charge in [0.2, 0.25) is 5.28 Å². The minimum atomic E-state index is -0.0849. The third kappa shape index (κ3) is 2.94. The van der Waals surface area contributed by atoms with Gasteiger partial charge in [-0.3, -0.25) is 0 Å². The van der Waals surface area contributed by atoms with Crippen LogP contribution in [0.4, 0.5) is 5.82 Å². The van der Waals surface area contributed by atoms with Gasteiger partial charge in [-0.2, -0.15) is 11.3 Å². The summed E-state index contributed by atoms with van der Waals surface area (Å²) in [6, 6.07) is 1.91. The van der Waals surface area contributed by atoms with E-state index in [1.54, 1.807) is 17.5 Å². The van der Waals surface area contributed by atoms with Crippen molar-refractivity contribution in [3.05, 3.63) is 28.3 Å². The standard InChI is InChI=1S/C11H12ClN3OS/c1-7(5-16)14-10-9(4-13-11(12)15-10)8-2-3-17-6-8/h2-4,6-7,16H,5H2,1H3,(H,13,14,15). The molecule has 0 aliphatic carbocycles. The zero-order valence-corrected chi connectivity index (χ0v) is 10.8. The van der Waals surface area contributed by atoms with E-state index in [-0.39, 0.29) is 17.9 Å². The van der Waals surface area contributed by atoms with Crippen molar-refractivity contribution in [3.8, 4) is 11.1 Å². The molecule has 6 heteroatoms. The van der Waals surface area contributed by atoms with Crippen LogP contribution >= 0.6 is 22.9 Å². The molecule has 90 valence electrons. The van der Waals surface area contributed by atoms with Crippen LogP contribution in [0.15, 0.2) is 23.0 Å². The average molecular weight is 270 g/mol. The van der Waals surface area contributed by atoms with Gasteiger partial charge in [0.1, 0.15) is 5.82 Å². The Labute approximate surface area is 108 Å². The first-order valence-corrected chi connectivity index (χ1v) is 6.45. The highest BCUT2D eigenvalue weighted by atomic mass is 35.5. The molecule has 0 aliphatic heterocycles. The zero-order chi connectivity index (χ0) is 12.3. The van der Waals surface area contributed by atoms with Crippen molar-refractivity contribution in [1.82, 2.24) is 9.97 Å². The number of hydrogen-bond acceptors (Lipinski definition) is 5. The summed E-state index contributed by atoms with van der Waals surface area (Å²) in [4.78, 5) is 8.14. The number of hydrogen-bond donors (Lipinski definition) is 2. The third-order valence-electron chi connectivity index (χ3n) is 2.25. The van der Waals surface area contributed by atoms with Crippen LogP contribution in [0.1, 0.15) is 6.92 Å². The Hall–Kier alpha value is -1.17. The Balaban J connectivity index is 2.38. The molecule has 4 nitrogen and oxygen atoms in total. The van der Waals surface area contributed by atoms with Crippen LogP contribution in [0, 0.1) is 0 Å². The normalized spacial score (nSPS) is 12.4. The van der Waals surface area contributed by atoms with Gasteiger partial charge >= 0.3 is 0 Å². The molecule has 0 aromatic carbocycles. The van der Waals surface area contributed by atoms with E-state index in [1.807, 2.05) is 23.8 Å². The maximum atomic E-state index is 9.05. The maximum Gasteiger partial charge on any atom is 0.224 e. The molecule has 0 saturated carbocycles. The second-order valence-corrected chi connectivity index (χ2v) is 4.76. The van der Waals surface area contributed by atoms with Crippen molar-refractivity contribution in [2.75, 3.05) is 11.9 Å². The average Bonchev–Trinajstić information content (AvgIpc) is 2.82. The molecule has 17 heavy (non-hydrogen) atoms. The molecule has 0 spiro atoms. The van der Waals surface area contributed by atoms with Crippen molar-refractivity contribution < 1.29 is 5.11 Å². The van der Waals surface area contributed by atoms with Gasteiger partial charge in [0, 0.05) is 17.8 Å². The number of halogens is 1. The van der Waals surface area contributed by atoms with Crippen LogP contribution in [0.5, 0.6) is 0 Å². The van der Waals surface area contributed by atoms with Gasteiger partial charge < -0.3 is 10.4 Å². The first kappa shape index (κ1) is 12.3. The van der Waals surface area contributed by atoms with Crippen molar-refractivity contribution >= 4 is 28.8 Å². The molecule has 0 saturated heterocycles. The lowest BCUT2D eigenvalue weighted by Crippen LogP contribution is -2.20. The first-order valence-electron chi connectivity index (χ1n) is 5.13. The Morgan fingerprint density at radius 3 is 3.06 bits per heavy atom. The molecule has 2 heterocycles. The summed E-state index contributed by atoms with van der Waals surface area (Å²) in [6.07, 6.45) is 1.68. The van der Waals surface area contributed by atoms with E-state index in [0.29, 0.717) is 5.82 Å². The summed E-state index contributed by atoms with van der Waals surface area (Å²) < 4.78 is 0. The molecule has 0 fully saturated rings. The maximum absolute atomic E-state index is 9.05. The summed E-state index contributed by atoms with van der Waals surface area (Å²) >= 11 is 7.39. The van der Waals surface area contributed by atoms with Gasteiger partial charge in [-0.15, -0.1) is 0 Å². The van der Waals surface area contributed by atoms with Gasteiger partial charge in [-0.05, 0) is 40.9 Å². The smallest absolute Gasteiger partial charge is 0.224 e. The summed E-state index contributed by atoms with van der Waals surface area (Å²) in [5.74, 6) is 0.643. The number of nitrogens with one attached hydrogen (secondary N) is 1. The zero-order valence-electron chi connectivity index (χ0n) is 9.22. The van der Waals surface area contributed by atoms with E-state index >= 15 is 0 Å². The number of aliphatic hydroxyl groups excluding tert-OH is 1. The minimum absolute atomic E-state index is 0.0324. The predicted octanol–water partition coefficient (Wildman–Crippen LogP) is 2.65. The monoisotopic (exact) mass is 269 g/mol. The van der Waals surface area contributed by atoms with Crippen LogP contribution < -0.4 is 5.32 Å². The second-order valence-electron chi connectivity index (χ2n) is 3.64. The van der Waals surface area contributed by atoms with Crippen LogP contribution in [0.25, 0.3) is 11.1 Å². The summed E-state index contributed by atoms with van der Waals surface area (Å²) in [5, 5.41) is 16.4. The fraction of sp³-hybridized carbons (Fsp3) is 0.273.